The molecular weight excluding hydrogens is 424 g/mol. The summed E-state index contributed by atoms with van der Waals surface area (Å²) in [4.78, 5) is 30.8. The molecule has 8 heteroatoms. The van der Waals surface area contributed by atoms with E-state index in [1.54, 1.807) is 17.6 Å². The summed E-state index contributed by atoms with van der Waals surface area (Å²) in [7, 11) is 0. The number of fused-ring (bicyclic) bond motifs is 6. The molecule has 0 radical (unpaired) electrons. The lowest BCUT2D eigenvalue weighted by molar-refractivity contribution is -0.172. The summed E-state index contributed by atoms with van der Waals surface area (Å²) in [6.45, 7) is 6.44. The molecule has 0 unspecified atom stereocenters. The molecule has 8 nitrogen and oxygen atoms in total. The van der Waals surface area contributed by atoms with Crippen molar-refractivity contribution in [3.63, 3.8) is 0 Å². The highest BCUT2D eigenvalue weighted by Gasteiger charge is 2.45. The van der Waals surface area contributed by atoms with E-state index < -0.39 is 11.6 Å². The van der Waals surface area contributed by atoms with E-state index in [0.717, 1.165) is 28.5 Å². The Balaban J connectivity index is 1.65. The lowest BCUT2D eigenvalue weighted by atomic mass is 9.86. The Bertz CT molecular complexity index is 1420. The fourth-order valence-electron chi connectivity index (χ4n) is 5.19. The van der Waals surface area contributed by atoms with E-state index in [1.165, 1.54) is 0 Å². The summed E-state index contributed by atoms with van der Waals surface area (Å²) in [5.74, 6) is 1.00. The number of carbonyl (C=O) groups is 1. The number of hydrogen-bond donors (Lipinski definition) is 1. The molecule has 5 heterocycles. The number of ether oxygens (including phenoxy) is 3. The lowest BCUT2D eigenvalue weighted by Crippen LogP contribution is -2.44. The van der Waals surface area contributed by atoms with Crippen molar-refractivity contribution in [2.24, 2.45) is 5.92 Å². The second kappa shape index (κ2) is 6.81. The Morgan fingerprint density at radius 1 is 1.12 bits per heavy atom. The van der Waals surface area contributed by atoms with Gasteiger partial charge in [0.25, 0.3) is 5.56 Å². The average molecular weight is 448 g/mol. The van der Waals surface area contributed by atoms with E-state index in [2.05, 4.69) is 13.8 Å². The molecule has 0 fully saturated rings. The second-order valence-corrected chi connectivity index (χ2v) is 9.34. The normalized spacial score (nSPS) is 20.1. The van der Waals surface area contributed by atoms with Gasteiger partial charge in [0, 0.05) is 22.6 Å². The van der Waals surface area contributed by atoms with Crippen LogP contribution in [0.25, 0.3) is 22.3 Å². The van der Waals surface area contributed by atoms with Gasteiger partial charge in [-0.3, -0.25) is 4.79 Å². The van der Waals surface area contributed by atoms with Gasteiger partial charge >= 0.3 is 5.97 Å². The maximum atomic E-state index is 13.5. The van der Waals surface area contributed by atoms with E-state index in [-0.39, 0.29) is 25.4 Å². The second-order valence-electron chi connectivity index (χ2n) is 9.34. The van der Waals surface area contributed by atoms with Gasteiger partial charge in [0.05, 0.1) is 29.0 Å². The molecule has 1 atom stereocenters. The highest BCUT2D eigenvalue weighted by Crippen LogP contribution is 2.43. The van der Waals surface area contributed by atoms with Crippen LogP contribution in [-0.2, 0) is 34.7 Å². The van der Waals surface area contributed by atoms with Crippen LogP contribution in [0.3, 0.4) is 0 Å². The topological polar surface area (TPSA) is 99.9 Å². The Labute approximate surface area is 189 Å². The monoisotopic (exact) mass is 448 g/mol. The molecule has 0 spiro atoms. The summed E-state index contributed by atoms with van der Waals surface area (Å²) in [6, 6.07) is 5.60. The van der Waals surface area contributed by atoms with Crippen molar-refractivity contribution in [1.82, 2.24) is 9.55 Å². The molecule has 3 aromatic rings. The molecule has 0 saturated heterocycles. The molecule has 0 amide bonds. The Kier molecular flexibility index (Phi) is 4.17. The van der Waals surface area contributed by atoms with E-state index in [0.29, 0.717) is 46.5 Å². The van der Waals surface area contributed by atoms with Crippen molar-refractivity contribution in [2.75, 3.05) is 6.79 Å². The first kappa shape index (κ1) is 20.2. The fraction of sp³-hybridized carbons (Fsp3) is 0.400. The number of hydrogen-bond acceptors (Lipinski definition) is 7. The van der Waals surface area contributed by atoms with E-state index in [1.807, 2.05) is 12.1 Å². The first-order valence-corrected chi connectivity index (χ1v) is 11.2. The van der Waals surface area contributed by atoms with Crippen molar-refractivity contribution >= 4 is 16.9 Å². The standard InChI is InChI=1S/C25H24N2O6/c1-4-25(30)17-7-19-22-15(9-27(19)23(28)16(17)10-31-24(25)29)13(5-12(2)3)14-6-20-21(33-11-32-20)8-18(14)26-22/h6-8,12,30H,4-5,9-11H2,1-3H3/t25-/m0/s1. The molecule has 0 saturated carbocycles. The smallest absolute Gasteiger partial charge is 0.343 e. The summed E-state index contributed by atoms with van der Waals surface area (Å²) >= 11 is 0. The maximum absolute atomic E-state index is 13.5. The van der Waals surface area contributed by atoms with Crippen molar-refractivity contribution in [3.05, 3.63) is 50.8 Å². The highest BCUT2D eigenvalue weighted by atomic mass is 16.7. The number of aliphatic hydroxyl groups is 1. The van der Waals surface area contributed by atoms with Gasteiger partial charge in [0.2, 0.25) is 6.79 Å². The summed E-state index contributed by atoms with van der Waals surface area (Å²) in [5, 5.41) is 12.1. The molecule has 0 aliphatic carbocycles. The number of benzene rings is 1. The molecular formula is C25H24N2O6. The number of cyclic esters (lactones) is 1. The van der Waals surface area contributed by atoms with Crippen LogP contribution in [0.4, 0.5) is 0 Å². The molecule has 6 rings (SSSR count). The van der Waals surface area contributed by atoms with Gasteiger partial charge < -0.3 is 23.9 Å². The molecule has 1 N–H and O–H groups in total. The van der Waals surface area contributed by atoms with Gasteiger partial charge in [0.1, 0.15) is 6.61 Å². The third-order valence-electron chi connectivity index (χ3n) is 6.91. The first-order valence-electron chi connectivity index (χ1n) is 11.2. The van der Waals surface area contributed by atoms with Crippen molar-refractivity contribution in [3.8, 4) is 22.9 Å². The zero-order valence-electron chi connectivity index (χ0n) is 18.7. The molecule has 3 aliphatic heterocycles. The van der Waals surface area contributed by atoms with Crippen LogP contribution in [0.5, 0.6) is 11.5 Å². The Hall–Kier alpha value is -3.39. The van der Waals surface area contributed by atoms with Gasteiger partial charge in [-0.05, 0) is 36.5 Å². The van der Waals surface area contributed by atoms with Crippen LogP contribution in [0.1, 0.15) is 49.4 Å². The molecule has 1 aromatic carbocycles. The quantitative estimate of drug-likeness (QED) is 0.481. The van der Waals surface area contributed by atoms with Crippen LogP contribution in [-0.4, -0.2) is 27.4 Å². The van der Waals surface area contributed by atoms with Crippen LogP contribution < -0.4 is 15.0 Å². The molecule has 0 bridgehead atoms. The largest absolute Gasteiger partial charge is 0.458 e. The zero-order valence-corrected chi connectivity index (χ0v) is 18.7. The summed E-state index contributed by atoms with van der Waals surface area (Å²) in [5.41, 5.74) is 2.74. The SMILES string of the molecule is CC[C@@]1(O)C(=O)OCc2c1cc1n(c2=O)Cc2c-1nc1cc3c(cc1c2CC(C)C)OCO3. The summed E-state index contributed by atoms with van der Waals surface area (Å²) in [6.07, 6.45) is 0.922. The number of rotatable bonds is 3. The molecule has 170 valence electrons. The van der Waals surface area contributed by atoms with Gasteiger partial charge in [-0.2, -0.15) is 0 Å². The number of nitrogens with zero attached hydrogens (tertiary/aromatic N) is 2. The minimum absolute atomic E-state index is 0.113. The predicted molar refractivity (Wildman–Crippen MR) is 119 cm³/mol. The van der Waals surface area contributed by atoms with E-state index in [9.17, 15) is 14.7 Å². The Morgan fingerprint density at radius 2 is 1.88 bits per heavy atom. The van der Waals surface area contributed by atoms with Crippen molar-refractivity contribution < 1.29 is 24.1 Å². The van der Waals surface area contributed by atoms with Crippen molar-refractivity contribution in [2.45, 2.75) is 52.4 Å². The highest BCUT2D eigenvalue weighted by molar-refractivity contribution is 5.91. The first-order chi connectivity index (χ1) is 15.8. The third-order valence-corrected chi connectivity index (χ3v) is 6.91. The maximum Gasteiger partial charge on any atom is 0.343 e. The minimum atomic E-state index is -1.84. The van der Waals surface area contributed by atoms with Crippen LogP contribution in [0, 0.1) is 5.92 Å². The van der Waals surface area contributed by atoms with Crippen LogP contribution >= 0.6 is 0 Å². The molecule has 3 aliphatic rings. The van der Waals surface area contributed by atoms with Crippen LogP contribution in [0.2, 0.25) is 0 Å². The molecule has 33 heavy (non-hydrogen) atoms. The van der Waals surface area contributed by atoms with Gasteiger partial charge in [0.15, 0.2) is 17.1 Å². The number of carbonyl (C=O) groups excluding carboxylic acids is 1. The lowest BCUT2D eigenvalue weighted by Gasteiger charge is -2.31. The van der Waals surface area contributed by atoms with Crippen LogP contribution in [0.15, 0.2) is 23.0 Å². The zero-order chi connectivity index (χ0) is 23.1. The number of esters is 1. The van der Waals surface area contributed by atoms with Crippen molar-refractivity contribution in [1.29, 1.82) is 0 Å². The third kappa shape index (κ3) is 2.70. The average Bonchev–Trinajstić information content (AvgIpc) is 3.39. The Morgan fingerprint density at radius 3 is 2.61 bits per heavy atom. The minimum Gasteiger partial charge on any atom is -0.458 e. The van der Waals surface area contributed by atoms with Gasteiger partial charge in [-0.1, -0.05) is 20.8 Å². The predicted octanol–water partition coefficient (Wildman–Crippen LogP) is 3.01. The van der Waals surface area contributed by atoms with Gasteiger partial charge in [-0.25, -0.2) is 9.78 Å². The van der Waals surface area contributed by atoms with Gasteiger partial charge in [-0.15, -0.1) is 0 Å². The summed E-state index contributed by atoms with van der Waals surface area (Å²) < 4.78 is 18.0. The number of aromatic nitrogens is 2. The van der Waals surface area contributed by atoms with E-state index >= 15 is 0 Å². The fourth-order valence-corrected chi connectivity index (χ4v) is 5.19. The number of pyridine rings is 2. The molecule has 2 aromatic heterocycles. The van der Waals surface area contributed by atoms with E-state index in [4.69, 9.17) is 19.2 Å².